The van der Waals surface area contributed by atoms with Gasteiger partial charge in [-0.05, 0) is 18.4 Å². The van der Waals surface area contributed by atoms with Crippen molar-refractivity contribution in [3.8, 4) is 5.75 Å². The normalized spacial score (nSPS) is 22.1. The number of nitrogens with one attached hydrogen (secondary N) is 1. The largest absolute Gasteiger partial charge is 0.493 e. The average molecular weight is 273 g/mol. The van der Waals surface area contributed by atoms with Crippen LogP contribution in [0.2, 0.25) is 0 Å². The lowest BCUT2D eigenvalue weighted by atomic mass is 9.99. The van der Waals surface area contributed by atoms with Gasteiger partial charge in [-0.2, -0.15) is 0 Å². The van der Waals surface area contributed by atoms with Gasteiger partial charge in [0.25, 0.3) is 0 Å². The van der Waals surface area contributed by atoms with Gasteiger partial charge in [0.1, 0.15) is 5.75 Å². The zero-order chi connectivity index (χ0) is 13.8. The maximum absolute atomic E-state index is 12.1. The summed E-state index contributed by atoms with van der Waals surface area (Å²) in [5, 5.41) is 3.18. The molecule has 1 N–H and O–H groups in total. The summed E-state index contributed by atoms with van der Waals surface area (Å²) in [7, 11) is 0. The van der Waals surface area contributed by atoms with Crippen LogP contribution in [0.1, 0.15) is 56.6 Å². The molecule has 108 valence electrons. The maximum atomic E-state index is 12.1. The third kappa shape index (κ3) is 3.14. The fourth-order valence-corrected chi connectivity index (χ4v) is 3.39. The first-order valence-electron chi connectivity index (χ1n) is 7.84. The van der Waals surface area contributed by atoms with Crippen molar-refractivity contribution < 1.29 is 9.53 Å². The summed E-state index contributed by atoms with van der Waals surface area (Å²) in [6.07, 6.45) is 7.91. The molecule has 1 aromatic carbocycles. The highest BCUT2D eigenvalue weighted by molar-refractivity contribution is 5.76. The van der Waals surface area contributed by atoms with Crippen LogP contribution in [-0.2, 0) is 4.79 Å². The molecule has 3 rings (SSSR count). The highest BCUT2D eigenvalue weighted by atomic mass is 16.5. The summed E-state index contributed by atoms with van der Waals surface area (Å²) in [5.74, 6) is 1.89. The smallest absolute Gasteiger partial charge is 0.220 e. The van der Waals surface area contributed by atoms with E-state index in [2.05, 4.69) is 11.4 Å². The first-order valence-corrected chi connectivity index (χ1v) is 7.84. The molecule has 2 aliphatic rings. The van der Waals surface area contributed by atoms with Crippen molar-refractivity contribution in [3.63, 3.8) is 0 Å². The van der Waals surface area contributed by atoms with Crippen molar-refractivity contribution in [1.29, 1.82) is 0 Å². The Morgan fingerprint density at radius 3 is 2.85 bits per heavy atom. The molecular formula is C17H23NO2. The van der Waals surface area contributed by atoms with Gasteiger partial charge in [0.2, 0.25) is 5.91 Å². The van der Waals surface area contributed by atoms with E-state index in [9.17, 15) is 4.79 Å². The molecule has 0 spiro atoms. The fourth-order valence-electron chi connectivity index (χ4n) is 3.39. The van der Waals surface area contributed by atoms with Crippen LogP contribution in [0.5, 0.6) is 5.75 Å². The number of rotatable bonds is 4. The minimum atomic E-state index is 0.121. The van der Waals surface area contributed by atoms with Crippen LogP contribution >= 0.6 is 0 Å². The van der Waals surface area contributed by atoms with Crippen LogP contribution in [0.15, 0.2) is 24.3 Å². The number of hydrogen-bond donors (Lipinski definition) is 1. The van der Waals surface area contributed by atoms with E-state index in [1.54, 1.807) is 0 Å². The second kappa shape index (κ2) is 6.29. The van der Waals surface area contributed by atoms with Gasteiger partial charge in [0.15, 0.2) is 0 Å². The van der Waals surface area contributed by atoms with Gasteiger partial charge in [-0.1, -0.05) is 43.9 Å². The highest BCUT2D eigenvalue weighted by Crippen LogP contribution is 2.32. The number of fused-ring (bicyclic) bond motifs is 1. The second-order valence-electron chi connectivity index (χ2n) is 5.98. The molecule has 3 nitrogen and oxygen atoms in total. The SMILES string of the molecule is O=C(CCC1CCCC1)N[C@H]1CCOc2ccccc21. The van der Waals surface area contributed by atoms with Gasteiger partial charge in [0.05, 0.1) is 12.6 Å². The van der Waals surface area contributed by atoms with Crippen molar-refractivity contribution in [2.75, 3.05) is 6.61 Å². The van der Waals surface area contributed by atoms with Gasteiger partial charge >= 0.3 is 0 Å². The Bertz CT molecular complexity index is 466. The Morgan fingerprint density at radius 1 is 1.20 bits per heavy atom. The van der Waals surface area contributed by atoms with Crippen LogP contribution in [0, 0.1) is 5.92 Å². The minimum absolute atomic E-state index is 0.121. The first kappa shape index (κ1) is 13.5. The predicted molar refractivity (Wildman–Crippen MR) is 78.6 cm³/mol. The molecule has 0 saturated heterocycles. The molecule has 1 saturated carbocycles. The van der Waals surface area contributed by atoms with E-state index < -0.39 is 0 Å². The number of amides is 1. The van der Waals surface area contributed by atoms with E-state index in [1.807, 2.05) is 18.2 Å². The summed E-state index contributed by atoms with van der Waals surface area (Å²) < 4.78 is 5.63. The minimum Gasteiger partial charge on any atom is -0.493 e. The van der Waals surface area contributed by atoms with Crippen molar-refractivity contribution in [3.05, 3.63) is 29.8 Å². The van der Waals surface area contributed by atoms with E-state index in [-0.39, 0.29) is 11.9 Å². The molecule has 1 aliphatic heterocycles. The monoisotopic (exact) mass is 273 g/mol. The van der Waals surface area contributed by atoms with Gasteiger partial charge in [-0.15, -0.1) is 0 Å². The molecule has 1 aliphatic carbocycles. The van der Waals surface area contributed by atoms with Crippen molar-refractivity contribution in [2.45, 2.75) is 51.0 Å². The summed E-state index contributed by atoms with van der Waals surface area (Å²) in [6.45, 7) is 0.685. The molecule has 1 atom stereocenters. The second-order valence-corrected chi connectivity index (χ2v) is 5.98. The Labute approximate surface area is 120 Å². The number of carbonyl (C=O) groups is 1. The van der Waals surface area contributed by atoms with Crippen LogP contribution in [-0.4, -0.2) is 12.5 Å². The lowest BCUT2D eigenvalue weighted by Crippen LogP contribution is -2.32. The Kier molecular flexibility index (Phi) is 4.24. The summed E-state index contributed by atoms with van der Waals surface area (Å²) in [4.78, 5) is 12.1. The van der Waals surface area contributed by atoms with E-state index in [0.29, 0.717) is 13.0 Å². The molecule has 0 aromatic heterocycles. The van der Waals surface area contributed by atoms with E-state index >= 15 is 0 Å². The quantitative estimate of drug-likeness (QED) is 0.910. The number of para-hydroxylation sites is 1. The van der Waals surface area contributed by atoms with E-state index in [0.717, 1.165) is 30.1 Å². The Morgan fingerprint density at radius 2 is 2.00 bits per heavy atom. The van der Waals surface area contributed by atoms with Crippen LogP contribution < -0.4 is 10.1 Å². The molecular weight excluding hydrogens is 250 g/mol. The molecule has 20 heavy (non-hydrogen) atoms. The van der Waals surface area contributed by atoms with Gasteiger partial charge in [-0.25, -0.2) is 0 Å². The molecule has 0 unspecified atom stereocenters. The van der Waals surface area contributed by atoms with Crippen LogP contribution in [0.25, 0.3) is 0 Å². The number of carbonyl (C=O) groups excluding carboxylic acids is 1. The van der Waals surface area contributed by atoms with Crippen molar-refractivity contribution in [2.24, 2.45) is 5.92 Å². The van der Waals surface area contributed by atoms with Crippen LogP contribution in [0.3, 0.4) is 0 Å². The van der Waals surface area contributed by atoms with Gasteiger partial charge in [-0.3, -0.25) is 4.79 Å². The predicted octanol–water partition coefficient (Wildman–Crippen LogP) is 3.60. The molecule has 3 heteroatoms. The molecule has 0 radical (unpaired) electrons. The zero-order valence-electron chi connectivity index (χ0n) is 11.9. The lowest BCUT2D eigenvalue weighted by Gasteiger charge is -2.26. The van der Waals surface area contributed by atoms with Crippen LogP contribution in [0.4, 0.5) is 0 Å². The van der Waals surface area contributed by atoms with Crippen molar-refractivity contribution in [1.82, 2.24) is 5.32 Å². The summed E-state index contributed by atoms with van der Waals surface area (Å²) >= 11 is 0. The Balaban J connectivity index is 1.54. The van der Waals surface area contributed by atoms with E-state index in [1.165, 1.54) is 25.7 Å². The van der Waals surface area contributed by atoms with Crippen molar-refractivity contribution >= 4 is 5.91 Å². The summed E-state index contributed by atoms with van der Waals surface area (Å²) in [6, 6.07) is 8.13. The number of hydrogen-bond acceptors (Lipinski definition) is 2. The molecule has 1 amide bonds. The van der Waals surface area contributed by atoms with Gasteiger partial charge in [0, 0.05) is 18.4 Å². The summed E-state index contributed by atoms with van der Waals surface area (Å²) in [5.41, 5.74) is 1.12. The number of benzene rings is 1. The fraction of sp³-hybridized carbons (Fsp3) is 0.588. The lowest BCUT2D eigenvalue weighted by molar-refractivity contribution is -0.122. The third-order valence-corrected chi connectivity index (χ3v) is 4.55. The topological polar surface area (TPSA) is 38.3 Å². The average Bonchev–Trinajstić information content (AvgIpc) is 2.99. The zero-order valence-corrected chi connectivity index (χ0v) is 11.9. The van der Waals surface area contributed by atoms with E-state index in [4.69, 9.17) is 4.74 Å². The molecule has 1 heterocycles. The first-order chi connectivity index (χ1) is 9.83. The molecule has 1 aromatic rings. The highest BCUT2D eigenvalue weighted by Gasteiger charge is 2.23. The number of ether oxygens (including phenoxy) is 1. The molecule has 1 fully saturated rings. The van der Waals surface area contributed by atoms with Gasteiger partial charge < -0.3 is 10.1 Å². The molecule has 0 bridgehead atoms. The maximum Gasteiger partial charge on any atom is 0.220 e. The Hall–Kier alpha value is -1.51. The standard InChI is InChI=1S/C17H23NO2/c19-17(10-9-13-5-1-2-6-13)18-15-11-12-20-16-8-4-3-7-14(15)16/h3-4,7-8,13,15H,1-2,5-6,9-12H2,(H,18,19)/t15-/m0/s1. The third-order valence-electron chi connectivity index (χ3n) is 4.55.